The summed E-state index contributed by atoms with van der Waals surface area (Å²) in [5, 5.41) is 4.54. The van der Waals surface area contributed by atoms with Gasteiger partial charge in [0.25, 0.3) is 0 Å². The fourth-order valence-corrected chi connectivity index (χ4v) is 4.07. The Morgan fingerprint density at radius 2 is 1.94 bits per heavy atom. The molecule has 34 heavy (non-hydrogen) atoms. The zero-order chi connectivity index (χ0) is 23.5. The number of aryl methyl sites for hydroxylation is 1. The van der Waals surface area contributed by atoms with E-state index in [1.54, 1.807) is 6.20 Å². The molecule has 0 unspecified atom stereocenters. The molecule has 0 N–H and O–H groups in total. The summed E-state index contributed by atoms with van der Waals surface area (Å²) in [4.78, 5) is 20.1. The van der Waals surface area contributed by atoms with Crippen molar-refractivity contribution in [3.05, 3.63) is 47.9 Å². The Kier molecular flexibility index (Phi) is 6.45. The lowest BCUT2D eigenvalue weighted by Gasteiger charge is -2.26. The number of morpholine rings is 1. The standard InChI is InChI=1S/C23H27FN8O2/c1-3-34-23-27-16(2)20-22(29-23)32(21(28-20)18-10-19(24)13-25-12-18)15-17-11-26-31(14-17)5-4-30-6-8-33-9-7-30/h10-14H,3-9,15H2,1-2H3. The number of hydrogen-bond donors (Lipinski definition) is 0. The molecule has 0 bridgehead atoms. The Hall–Kier alpha value is -3.44. The number of hydrogen-bond acceptors (Lipinski definition) is 8. The number of ether oxygens (including phenoxy) is 2. The van der Waals surface area contributed by atoms with Crippen LogP contribution in [0.2, 0.25) is 0 Å². The molecule has 0 saturated carbocycles. The first-order valence-electron chi connectivity index (χ1n) is 11.4. The van der Waals surface area contributed by atoms with Crippen LogP contribution in [-0.4, -0.2) is 78.6 Å². The number of imidazole rings is 1. The van der Waals surface area contributed by atoms with Crippen molar-refractivity contribution >= 4 is 11.2 Å². The summed E-state index contributed by atoms with van der Waals surface area (Å²) < 4.78 is 28.8. The minimum atomic E-state index is -0.426. The number of pyridine rings is 1. The number of fused-ring (bicyclic) bond motifs is 1. The van der Waals surface area contributed by atoms with Gasteiger partial charge in [0.1, 0.15) is 17.2 Å². The van der Waals surface area contributed by atoms with Gasteiger partial charge >= 0.3 is 6.01 Å². The van der Waals surface area contributed by atoms with E-state index in [-0.39, 0.29) is 0 Å². The van der Waals surface area contributed by atoms with Gasteiger partial charge in [-0.1, -0.05) is 0 Å². The zero-order valence-corrected chi connectivity index (χ0v) is 19.3. The molecule has 5 heterocycles. The fraction of sp³-hybridized carbons (Fsp3) is 0.435. The summed E-state index contributed by atoms with van der Waals surface area (Å²) >= 11 is 0. The topological polar surface area (TPSA) is 96.0 Å². The van der Waals surface area contributed by atoms with Crippen molar-refractivity contribution in [2.75, 3.05) is 39.5 Å². The molecule has 1 aliphatic rings. The van der Waals surface area contributed by atoms with Crippen LogP contribution in [0.4, 0.5) is 4.39 Å². The maximum atomic E-state index is 14.0. The maximum Gasteiger partial charge on any atom is 0.318 e. The molecular weight excluding hydrogens is 439 g/mol. The van der Waals surface area contributed by atoms with Crippen LogP contribution in [0.15, 0.2) is 30.9 Å². The van der Waals surface area contributed by atoms with Crippen LogP contribution >= 0.6 is 0 Å². The Bertz CT molecular complexity index is 1280. The second-order valence-electron chi connectivity index (χ2n) is 8.18. The van der Waals surface area contributed by atoms with E-state index in [0.29, 0.717) is 47.4 Å². The van der Waals surface area contributed by atoms with Crippen LogP contribution in [-0.2, 0) is 17.8 Å². The largest absolute Gasteiger partial charge is 0.464 e. The van der Waals surface area contributed by atoms with E-state index in [9.17, 15) is 4.39 Å². The second-order valence-corrected chi connectivity index (χ2v) is 8.18. The highest BCUT2D eigenvalue weighted by atomic mass is 19.1. The first-order valence-corrected chi connectivity index (χ1v) is 11.4. The summed E-state index contributed by atoms with van der Waals surface area (Å²) in [6.07, 6.45) is 6.64. The van der Waals surface area contributed by atoms with Gasteiger partial charge < -0.3 is 14.0 Å². The summed E-state index contributed by atoms with van der Waals surface area (Å²) in [6, 6.07) is 1.71. The fourth-order valence-electron chi connectivity index (χ4n) is 4.07. The van der Waals surface area contributed by atoms with Crippen molar-refractivity contribution < 1.29 is 13.9 Å². The predicted molar refractivity (Wildman–Crippen MR) is 123 cm³/mol. The molecule has 0 aromatic carbocycles. The first-order chi connectivity index (χ1) is 16.6. The van der Waals surface area contributed by atoms with Gasteiger partial charge in [0.15, 0.2) is 5.65 Å². The number of nitrogens with zero attached hydrogens (tertiary/aromatic N) is 8. The molecule has 11 heteroatoms. The van der Waals surface area contributed by atoms with Gasteiger partial charge in [-0.15, -0.1) is 0 Å². The van der Waals surface area contributed by atoms with Crippen LogP contribution in [0, 0.1) is 12.7 Å². The minimum absolute atomic E-state index is 0.291. The lowest BCUT2D eigenvalue weighted by atomic mass is 10.2. The molecule has 4 aromatic rings. The van der Waals surface area contributed by atoms with Crippen molar-refractivity contribution in [2.45, 2.75) is 26.9 Å². The van der Waals surface area contributed by atoms with Crippen molar-refractivity contribution in [3.8, 4) is 17.4 Å². The molecule has 0 aliphatic carbocycles. The van der Waals surface area contributed by atoms with E-state index in [0.717, 1.165) is 45.0 Å². The highest BCUT2D eigenvalue weighted by Gasteiger charge is 2.19. The van der Waals surface area contributed by atoms with Gasteiger partial charge in [0, 0.05) is 43.2 Å². The Labute approximate surface area is 196 Å². The average Bonchev–Trinajstić information content (AvgIpc) is 3.44. The molecule has 10 nitrogen and oxygen atoms in total. The Morgan fingerprint density at radius 3 is 2.74 bits per heavy atom. The van der Waals surface area contributed by atoms with Crippen LogP contribution in [0.1, 0.15) is 18.2 Å². The maximum absolute atomic E-state index is 14.0. The molecule has 0 amide bonds. The number of rotatable bonds is 8. The summed E-state index contributed by atoms with van der Waals surface area (Å²) in [6.45, 7) is 9.82. The van der Waals surface area contributed by atoms with E-state index in [2.05, 4.69) is 25.0 Å². The normalized spacial score (nSPS) is 14.7. The van der Waals surface area contributed by atoms with Crippen molar-refractivity contribution in [3.63, 3.8) is 0 Å². The Morgan fingerprint density at radius 1 is 1.09 bits per heavy atom. The van der Waals surface area contributed by atoms with E-state index < -0.39 is 5.82 Å². The second kappa shape index (κ2) is 9.82. The van der Waals surface area contributed by atoms with Crippen molar-refractivity contribution in [1.82, 2.24) is 39.2 Å². The summed E-state index contributed by atoms with van der Waals surface area (Å²) in [5.74, 6) is 0.138. The average molecular weight is 467 g/mol. The van der Waals surface area contributed by atoms with Gasteiger partial charge in [-0.3, -0.25) is 14.6 Å². The summed E-state index contributed by atoms with van der Waals surface area (Å²) in [5.41, 5.74) is 3.51. The van der Waals surface area contributed by atoms with Crippen LogP contribution in [0.5, 0.6) is 6.01 Å². The van der Waals surface area contributed by atoms with E-state index in [1.807, 2.05) is 35.5 Å². The highest BCUT2D eigenvalue weighted by molar-refractivity contribution is 5.79. The zero-order valence-electron chi connectivity index (χ0n) is 19.3. The Balaban J connectivity index is 1.47. The molecule has 0 spiro atoms. The molecule has 178 valence electrons. The minimum Gasteiger partial charge on any atom is -0.464 e. The molecule has 1 aliphatic heterocycles. The third kappa shape index (κ3) is 4.75. The molecule has 0 radical (unpaired) electrons. The molecule has 1 saturated heterocycles. The SMILES string of the molecule is CCOc1nc(C)c2nc(-c3cncc(F)c3)n(Cc3cnn(CCN4CCOCC4)c3)c2n1. The van der Waals surface area contributed by atoms with E-state index in [1.165, 1.54) is 12.3 Å². The summed E-state index contributed by atoms with van der Waals surface area (Å²) in [7, 11) is 0. The van der Waals surface area contributed by atoms with Gasteiger partial charge in [-0.05, 0) is 19.9 Å². The molecule has 1 fully saturated rings. The third-order valence-corrected chi connectivity index (χ3v) is 5.76. The number of aromatic nitrogens is 7. The van der Waals surface area contributed by atoms with E-state index in [4.69, 9.17) is 14.5 Å². The molecule has 4 aromatic heterocycles. The van der Waals surface area contributed by atoms with Crippen LogP contribution in [0.25, 0.3) is 22.6 Å². The molecule has 5 rings (SSSR count). The quantitative estimate of drug-likeness (QED) is 0.390. The van der Waals surface area contributed by atoms with Crippen molar-refractivity contribution in [1.29, 1.82) is 0 Å². The molecular formula is C23H27FN8O2. The van der Waals surface area contributed by atoms with Gasteiger partial charge in [0.05, 0.1) is 51.0 Å². The predicted octanol–water partition coefficient (Wildman–Crippen LogP) is 2.31. The molecule has 0 atom stereocenters. The highest BCUT2D eigenvalue weighted by Crippen LogP contribution is 2.27. The van der Waals surface area contributed by atoms with Gasteiger partial charge in [-0.2, -0.15) is 15.1 Å². The van der Waals surface area contributed by atoms with Crippen molar-refractivity contribution in [2.24, 2.45) is 0 Å². The van der Waals surface area contributed by atoms with E-state index >= 15 is 0 Å². The number of halogens is 1. The third-order valence-electron chi connectivity index (χ3n) is 5.76. The lowest BCUT2D eigenvalue weighted by molar-refractivity contribution is 0.0359. The van der Waals surface area contributed by atoms with Gasteiger partial charge in [-0.25, -0.2) is 9.37 Å². The van der Waals surface area contributed by atoms with Crippen LogP contribution < -0.4 is 4.74 Å². The smallest absolute Gasteiger partial charge is 0.318 e. The van der Waals surface area contributed by atoms with Gasteiger partial charge in [0.2, 0.25) is 0 Å². The lowest BCUT2D eigenvalue weighted by Crippen LogP contribution is -2.38. The monoisotopic (exact) mass is 466 g/mol. The van der Waals surface area contributed by atoms with Crippen LogP contribution in [0.3, 0.4) is 0 Å². The first kappa shape index (κ1) is 22.4.